The Morgan fingerprint density at radius 3 is 2.28 bits per heavy atom. The van der Waals surface area contributed by atoms with Crippen molar-refractivity contribution in [3.8, 4) is 5.69 Å². The summed E-state index contributed by atoms with van der Waals surface area (Å²) in [5.74, 6) is 0. The van der Waals surface area contributed by atoms with E-state index in [2.05, 4.69) is 100 Å². The standard InChI is InChI=1S/C25H16BN3/c1-2-8-17(9-3-1)29-21-13-5-4-10-18(21)26-19-11-6-12-20-25(19)28(16-27-20)22-14-7-15-23(29)24(22)26/h1-16H. The molecule has 2 aliphatic heterocycles. The fourth-order valence-corrected chi connectivity index (χ4v) is 5.15. The minimum absolute atomic E-state index is 0.213. The summed E-state index contributed by atoms with van der Waals surface area (Å²) in [5.41, 5.74) is 11.2. The number of fused-ring (bicyclic) bond motifs is 4. The van der Waals surface area contributed by atoms with Crippen molar-refractivity contribution < 1.29 is 0 Å². The van der Waals surface area contributed by atoms with Crippen LogP contribution in [0.2, 0.25) is 0 Å². The van der Waals surface area contributed by atoms with Gasteiger partial charge in [-0.1, -0.05) is 54.6 Å². The number of rotatable bonds is 1. The summed E-state index contributed by atoms with van der Waals surface area (Å²) in [6.07, 6.45) is 1.97. The second kappa shape index (κ2) is 5.39. The predicted octanol–water partition coefficient (Wildman–Crippen LogP) is 3.64. The van der Waals surface area contributed by atoms with E-state index in [9.17, 15) is 0 Å². The molecular formula is C25H16BN3. The molecule has 0 atom stereocenters. The Kier molecular flexibility index (Phi) is 2.82. The lowest BCUT2D eigenvalue weighted by Gasteiger charge is -2.39. The van der Waals surface area contributed by atoms with Crippen LogP contribution in [0.3, 0.4) is 0 Å². The number of hydrogen-bond donors (Lipinski definition) is 0. The van der Waals surface area contributed by atoms with Gasteiger partial charge in [0.1, 0.15) is 6.33 Å². The Labute approximate surface area is 168 Å². The number of nitrogens with zero attached hydrogens (tertiary/aromatic N) is 3. The molecule has 0 fully saturated rings. The minimum atomic E-state index is 0.213. The van der Waals surface area contributed by atoms with Crippen LogP contribution in [0.5, 0.6) is 0 Å². The molecule has 0 amide bonds. The van der Waals surface area contributed by atoms with Crippen molar-refractivity contribution in [2.45, 2.75) is 0 Å². The maximum absolute atomic E-state index is 4.69. The van der Waals surface area contributed by atoms with Gasteiger partial charge in [-0.2, -0.15) is 0 Å². The summed E-state index contributed by atoms with van der Waals surface area (Å²) in [4.78, 5) is 7.09. The summed E-state index contributed by atoms with van der Waals surface area (Å²) in [5, 5.41) is 0. The molecule has 134 valence electrons. The molecule has 3 nitrogen and oxygen atoms in total. The first-order chi connectivity index (χ1) is 14.4. The van der Waals surface area contributed by atoms with E-state index in [-0.39, 0.29) is 6.71 Å². The molecule has 1 aromatic heterocycles. The molecule has 3 heterocycles. The number of benzene rings is 4. The smallest absolute Gasteiger partial charge is 0.252 e. The second-order valence-corrected chi connectivity index (χ2v) is 7.70. The lowest BCUT2D eigenvalue weighted by atomic mass is 9.34. The Morgan fingerprint density at radius 2 is 1.34 bits per heavy atom. The SMILES string of the molecule is c1ccc(N2c3ccccc3B3c4c2cccc4-n2cnc4cccc3c42)cc1. The van der Waals surface area contributed by atoms with E-state index in [0.29, 0.717) is 0 Å². The Morgan fingerprint density at radius 1 is 0.621 bits per heavy atom. The molecule has 0 spiro atoms. The molecule has 7 rings (SSSR count). The van der Waals surface area contributed by atoms with Crippen molar-refractivity contribution in [1.29, 1.82) is 0 Å². The highest BCUT2D eigenvalue weighted by molar-refractivity contribution is 7.00. The van der Waals surface area contributed by atoms with Gasteiger partial charge in [-0.25, -0.2) is 4.98 Å². The topological polar surface area (TPSA) is 21.1 Å². The van der Waals surface area contributed by atoms with Gasteiger partial charge in [-0.05, 0) is 52.8 Å². The fraction of sp³-hybridized carbons (Fsp3) is 0. The molecule has 0 N–H and O–H groups in total. The normalized spacial score (nSPS) is 13.4. The van der Waals surface area contributed by atoms with Crippen molar-refractivity contribution in [3.05, 3.63) is 97.3 Å². The maximum Gasteiger partial charge on any atom is 0.252 e. The van der Waals surface area contributed by atoms with Crippen LogP contribution >= 0.6 is 0 Å². The van der Waals surface area contributed by atoms with Gasteiger partial charge >= 0.3 is 0 Å². The average molecular weight is 369 g/mol. The van der Waals surface area contributed by atoms with Crippen molar-refractivity contribution in [3.63, 3.8) is 0 Å². The molecule has 29 heavy (non-hydrogen) atoms. The zero-order valence-corrected chi connectivity index (χ0v) is 15.7. The van der Waals surface area contributed by atoms with Gasteiger partial charge in [0.25, 0.3) is 6.71 Å². The van der Waals surface area contributed by atoms with Crippen LogP contribution in [0.25, 0.3) is 16.7 Å². The highest BCUT2D eigenvalue weighted by Crippen LogP contribution is 2.38. The average Bonchev–Trinajstić information content (AvgIpc) is 3.22. The minimum Gasteiger partial charge on any atom is -0.311 e. The summed E-state index contributed by atoms with van der Waals surface area (Å²) >= 11 is 0. The lowest BCUT2D eigenvalue weighted by molar-refractivity contribution is 1.09. The number of anilines is 3. The van der Waals surface area contributed by atoms with E-state index in [1.165, 1.54) is 44.7 Å². The third-order valence-electron chi connectivity index (χ3n) is 6.26. The van der Waals surface area contributed by atoms with E-state index < -0.39 is 0 Å². The summed E-state index contributed by atoms with van der Waals surface area (Å²) in [6, 6.07) is 32.6. The first kappa shape index (κ1) is 15.2. The van der Waals surface area contributed by atoms with Crippen LogP contribution in [0.4, 0.5) is 17.1 Å². The van der Waals surface area contributed by atoms with E-state index in [1.54, 1.807) is 0 Å². The first-order valence-corrected chi connectivity index (χ1v) is 9.95. The molecule has 0 saturated heterocycles. The van der Waals surface area contributed by atoms with Gasteiger partial charge in [0.05, 0.1) is 11.0 Å². The van der Waals surface area contributed by atoms with E-state index >= 15 is 0 Å². The Hall–Kier alpha value is -3.79. The summed E-state index contributed by atoms with van der Waals surface area (Å²) in [7, 11) is 0. The van der Waals surface area contributed by atoms with Crippen LogP contribution in [0, 0.1) is 0 Å². The molecule has 0 aliphatic carbocycles. The zero-order valence-electron chi connectivity index (χ0n) is 15.7. The van der Waals surface area contributed by atoms with Crippen molar-refractivity contribution in [2.75, 3.05) is 4.90 Å². The van der Waals surface area contributed by atoms with Crippen LogP contribution < -0.4 is 21.3 Å². The molecule has 0 bridgehead atoms. The van der Waals surface area contributed by atoms with Gasteiger partial charge in [0.15, 0.2) is 0 Å². The molecule has 0 radical (unpaired) electrons. The van der Waals surface area contributed by atoms with E-state index in [0.717, 1.165) is 5.52 Å². The maximum atomic E-state index is 4.69. The molecular weight excluding hydrogens is 353 g/mol. The monoisotopic (exact) mass is 369 g/mol. The van der Waals surface area contributed by atoms with Crippen molar-refractivity contribution in [1.82, 2.24) is 9.55 Å². The van der Waals surface area contributed by atoms with E-state index in [1.807, 2.05) is 6.33 Å². The molecule has 0 saturated carbocycles. The zero-order chi connectivity index (χ0) is 18.9. The fourth-order valence-electron chi connectivity index (χ4n) is 5.15. The largest absolute Gasteiger partial charge is 0.311 e. The number of hydrogen-bond acceptors (Lipinski definition) is 2. The molecule has 2 aliphatic rings. The van der Waals surface area contributed by atoms with Gasteiger partial charge < -0.3 is 4.90 Å². The highest BCUT2D eigenvalue weighted by Gasteiger charge is 2.40. The van der Waals surface area contributed by atoms with Gasteiger partial charge in [-0.15, -0.1) is 0 Å². The van der Waals surface area contributed by atoms with E-state index in [4.69, 9.17) is 4.98 Å². The van der Waals surface area contributed by atoms with Gasteiger partial charge in [0, 0.05) is 22.7 Å². The number of aromatic nitrogens is 2. The number of imidazole rings is 1. The first-order valence-electron chi connectivity index (χ1n) is 9.95. The third kappa shape index (κ3) is 1.86. The molecule has 4 aromatic carbocycles. The Bertz CT molecular complexity index is 1420. The number of para-hydroxylation sites is 3. The molecule has 5 aromatic rings. The second-order valence-electron chi connectivity index (χ2n) is 7.70. The van der Waals surface area contributed by atoms with Gasteiger partial charge in [-0.3, -0.25) is 4.57 Å². The van der Waals surface area contributed by atoms with Crippen LogP contribution in [-0.4, -0.2) is 16.3 Å². The summed E-state index contributed by atoms with van der Waals surface area (Å²) in [6.45, 7) is 0.213. The Balaban J connectivity index is 1.65. The van der Waals surface area contributed by atoms with Crippen LogP contribution in [0.1, 0.15) is 0 Å². The van der Waals surface area contributed by atoms with Crippen molar-refractivity contribution in [2.24, 2.45) is 0 Å². The quantitative estimate of drug-likeness (QED) is 0.412. The molecule has 0 unspecified atom stereocenters. The highest BCUT2D eigenvalue weighted by atomic mass is 15.2. The van der Waals surface area contributed by atoms with Crippen LogP contribution in [0.15, 0.2) is 97.3 Å². The van der Waals surface area contributed by atoms with Crippen LogP contribution in [-0.2, 0) is 0 Å². The lowest BCUT2D eigenvalue weighted by Crippen LogP contribution is -2.60. The van der Waals surface area contributed by atoms with Crippen molar-refractivity contribution >= 4 is 51.2 Å². The molecule has 4 heteroatoms. The van der Waals surface area contributed by atoms with Gasteiger partial charge in [0.2, 0.25) is 0 Å². The third-order valence-corrected chi connectivity index (χ3v) is 6.26. The summed E-state index contributed by atoms with van der Waals surface area (Å²) < 4.78 is 2.26. The predicted molar refractivity (Wildman–Crippen MR) is 120 cm³/mol.